The molecule has 1 aromatic heterocycles. The van der Waals surface area contributed by atoms with Crippen LogP contribution in [0.15, 0.2) is 82.7 Å². The van der Waals surface area contributed by atoms with Crippen molar-refractivity contribution in [3.8, 4) is 11.4 Å². The first-order chi connectivity index (χ1) is 14.2. The van der Waals surface area contributed by atoms with E-state index in [4.69, 9.17) is 4.74 Å². The van der Waals surface area contributed by atoms with Crippen LogP contribution >= 0.6 is 0 Å². The van der Waals surface area contributed by atoms with E-state index in [-0.39, 0.29) is 5.56 Å². The Morgan fingerprint density at radius 3 is 2.48 bits per heavy atom. The standard InChI is InChI=1S/C23H20N4O2/c1-16-7-3-6-10-21(16)27-22(28)19-8-4-5-9-20(19)25-23(27)26-24-15-17-11-13-18(29-2)14-12-17/h3-15H,1-2H3,(H,25,26). The van der Waals surface area contributed by atoms with Gasteiger partial charge in [-0.15, -0.1) is 0 Å². The number of methoxy groups -OCH3 is 1. The predicted octanol–water partition coefficient (Wildman–Crippen LogP) is 4.15. The van der Waals surface area contributed by atoms with Gasteiger partial charge in [0, 0.05) is 0 Å². The Balaban J connectivity index is 1.78. The maximum absolute atomic E-state index is 13.2. The van der Waals surface area contributed by atoms with Crippen molar-refractivity contribution in [2.75, 3.05) is 12.5 Å². The lowest BCUT2D eigenvalue weighted by molar-refractivity contribution is 0.415. The molecule has 0 saturated heterocycles. The molecule has 3 aromatic carbocycles. The average molecular weight is 384 g/mol. The number of anilines is 1. The number of para-hydroxylation sites is 2. The highest BCUT2D eigenvalue weighted by molar-refractivity contribution is 5.81. The zero-order valence-electron chi connectivity index (χ0n) is 16.2. The minimum absolute atomic E-state index is 0.146. The van der Waals surface area contributed by atoms with Crippen molar-refractivity contribution in [2.45, 2.75) is 6.92 Å². The van der Waals surface area contributed by atoms with Gasteiger partial charge in [-0.3, -0.25) is 4.79 Å². The highest BCUT2D eigenvalue weighted by atomic mass is 16.5. The molecule has 0 fully saturated rings. The largest absolute Gasteiger partial charge is 0.497 e. The molecule has 0 radical (unpaired) electrons. The molecule has 1 heterocycles. The van der Waals surface area contributed by atoms with Crippen LogP contribution in [-0.4, -0.2) is 22.9 Å². The summed E-state index contributed by atoms with van der Waals surface area (Å²) in [5, 5.41) is 4.85. The van der Waals surface area contributed by atoms with Gasteiger partial charge in [0.15, 0.2) is 0 Å². The number of hydrogen-bond acceptors (Lipinski definition) is 5. The lowest BCUT2D eigenvalue weighted by atomic mass is 10.2. The summed E-state index contributed by atoms with van der Waals surface area (Å²) in [7, 11) is 1.63. The summed E-state index contributed by atoms with van der Waals surface area (Å²) in [6.07, 6.45) is 1.67. The number of hydrazone groups is 1. The van der Waals surface area contributed by atoms with Gasteiger partial charge in [-0.1, -0.05) is 30.3 Å². The zero-order valence-corrected chi connectivity index (χ0v) is 16.2. The molecule has 0 atom stereocenters. The van der Waals surface area contributed by atoms with Crippen molar-refractivity contribution in [1.29, 1.82) is 0 Å². The number of fused-ring (bicyclic) bond motifs is 1. The van der Waals surface area contributed by atoms with Gasteiger partial charge in [-0.25, -0.2) is 15.0 Å². The molecular formula is C23H20N4O2. The van der Waals surface area contributed by atoms with E-state index < -0.39 is 0 Å². The molecule has 0 amide bonds. The number of nitrogens with one attached hydrogen (secondary N) is 1. The van der Waals surface area contributed by atoms with E-state index in [1.165, 1.54) is 0 Å². The molecule has 4 rings (SSSR count). The molecule has 29 heavy (non-hydrogen) atoms. The molecule has 6 nitrogen and oxygen atoms in total. The SMILES string of the molecule is COc1ccc(C=NNc2nc3ccccc3c(=O)n2-c2ccccc2C)cc1. The summed E-state index contributed by atoms with van der Waals surface area (Å²) in [5.41, 5.74) is 6.03. The van der Waals surface area contributed by atoms with E-state index in [2.05, 4.69) is 15.5 Å². The fourth-order valence-corrected chi connectivity index (χ4v) is 3.10. The van der Waals surface area contributed by atoms with Crippen molar-refractivity contribution < 1.29 is 4.74 Å². The second kappa shape index (κ2) is 7.98. The Labute approximate surface area is 168 Å². The lowest BCUT2D eigenvalue weighted by Gasteiger charge is -2.14. The third-order valence-corrected chi connectivity index (χ3v) is 4.63. The first-order valence-corrected chi connectivity index (χ1v) is 9.18. The maximum atomic E-state index is 13.2. The molecule has 0 aliphatic carbocycles. The van der Waals surface area contributed by atoms with Crippen molar-refractivity contribution in [2.24, 2.45) is 5.10 Å². The highest BCUT2D eigenvalue weighted by Gasteiger charge is 2.13. The van der Waals surface area contributed by atoms with Crippen molar-refractivity contribution in [3.63, 3.8) is 0 Å². The van der Waals surface area contributed by atoms with Crippen LogP contribution in [0.4, 0.5) is 5.95 Å². The summed E-state index contributed by atoms with van der Waals surface area (Å²) in [5.74, 6) is 1.13. The van der Waals surface area contributed by atoms with Crippen molar-refractivity contribution >= 4 is 23.1 Å². The second-order valence-electron chi connectivity index (χ2n) is 6.52. The van der Waals surface area contributed by atoms with E-state index in [0.717, 1.165) is 22.6 Å². The number of hydrogen-bond donors (Lipinski definition) is 1. The zero-order chi connectivity index (χ0) is 20.2. The van der Waals surface area contributed by atoms with Gasteiger partial charge in [-0.2, -0.15) is 5.10 Å². The minimum atomic E-state index is -0.146. The van der Waals surface area contributed by atoms with E-state index in [9.17, 15) is 4.79 Å². The van der Waals surface area contributed by atoms with Gasteiger partial charge >= 0.3 is 0 Å². The molecule has 1 N–H and O–H groups in total. The second-order valence-corrected chi connectivity index (χ2v) is 6.52. The van der Waals surface area contributed by atoms with Crippen LogP contribution in [0.25, 0.3) is 16.6 Å². The number of ether oxygens (including phenoxy) is 1. The average Bonchev–Trinajstić information content (AvgIpc) is 2.75. The number of aromatic nitrogens is 2. The Kier molecular flexibility index (Phi) is 5.07. The first kappa shape index (κ1) is 18.4. The third kappa shape index (κ3) is 3.73. The normalized spacial score (nSPS) is 11.1. The van der Waals surface area contributed by atoms with Crippen LogP contribution in [0, 0.1) is 6.92 Å². The number of aryl methyl sites for hydroxylation is 1. The van der Waals surface area contributed by atoms with Crippen LogP contribution in [0.1, 0.15) is 11.1 Å². The number of nitrogens with zero attached hydrogens (tertiary/aromatic N) is 3. The molecule has 0 saturated carbocycles. The topological polar surface area (TPSA) is 68.5 Å². The highest BCUT2D eigenvalue weighted by Crippen LogP contribution is 2.19. The molecule has 0 aliphatic rings. The van der Waals surface area contributed by atoms with Crippen molar-refractivity contribution in [3.05, 3.63) is 94.3 Å². The Bertz CT molecular complexity index is 1240. The smallest absolute Gasteiger partial charge is 0.267 e. The third-order valence-electron chi connectivity index (χ3n) is 4.63. The monoisotopic (exact) mass is 384 g/mol. The minimum Gasteiger partial charge on any atom is -0.497 e. The summed E-state index contributed by atoms with van der Waals surface area (Å²) in [4.78, 5) is 17.9. The van der Waals surface area contributed by atoms with Crippen LogP contribution < -0.4 is 15.7 Å². The Morgan fingerprint density at radius 1 is 1.00 bits per heavy atom. The molecule has 0 unspecified atom stereocenters. The first-order valence-electron chi connectivity index (χ1n) is 9.18. The van der Waals surface area contributed by atoms with Crippen LogP contribution in [0.3, 0.4) is 0 Å². The van der Waals surface area contributed by atoms with E-state index in [1.807, 2.05) is 73.7 Å². The van der Waals surface area contributed by atoms with E-state index in [0.29, 0.717) is 16.9 Å². The van der Waals surface area contributed by atoms with Crippen LogP contribution in [-0.2, 0) is 0 Å². The fraction of sp³-hybridized carbons (Fsp3) is 0.0870. The molecule has 144 valence electrons. The van der Waals surface area contributed by atoms with Gasteiger partial charge in [0.05, 0.1) is 29.9 Å². The number of benzene rings is 3. The van der Waals surface area contributed by atoms with E-state index >= 15 is 0 Å². The summed E-state index contributed by atoms with van der Waals surface area (Å²) in [6.45, 7) is 1.96. The Hall–Kier alpha value is -3.93. The molecule has 0 bridgehead atoms. The predicted molar refractivity (Wildman–Crippen MR) is 116 cm³/mol. The van der Waals surface area contributed by atoms with Gasteiger partial charge in [-0.05, 0) is 60.5 Å². The fourth-order valence-electron chi connectivity index (χ4n) is 3.10. The molecule has 0 spiro atoms. The van der Waals surface area contributed by atoms with Crippen molar-refractivity contribution in [1.82, 2.24) is 9.55 Å². The lowest BCUT2D eigenvalue weighted by Crippen LogP contribution is -2.23. The summed E-state index contributed by atoms with van der Waals surface area (Å²) >= 11 is 0. The Morgan fingerprint density at radius 2 is 1.72 bits per heavy atom. The van der Waals surface area contributed by atoms with Gasteiger partial charge in [0.2, 0.25) is 5.95 Å². The summed E-state index contributed by atoms with van der Waals surface area (Å²) in [6, 6.07) is 22.5. The van der Waals surface area contributed by atoms with Crippen LogP contribution in [0.5, 0.6) is 5.75 Å². The van der Waals surface area contributed by atoms with Crippen LogP contribution in [0.2, 0.25) is 0 Å². The van der Waals surface area contributed by atoms with Gasteiger partial charge in [0.25, 0.3) is 5.56 Å². The molecular weight excluding hydrogens is 364 g/mol. The van der Waals surface area contributed by atoms with Gasteiger partial charge < -0.3 is 4.74 Å². The number of rotatable bonds is 5. The van der Waals surface area contributed by atoms with Gasteiger partial charge in [0.1, 0.15) is 5.75 Å². The summed E-state index contributed by atoms with van der Waals surface area (Å²) < 4.78 is 6.72. The molecule has 6 heteroatoms. The quantitative estimate of drug-likeness (QED) is 0.415. The van der Waals surface area contributed by atoms with E-state index in [1.54, 1.807) is 24.0 Å². The maximum Gasteiger partial charge on any atom is 0.267 e. The molecule has 0 aliphatic heterocycles. The molecule has 4 aromatic rings.